The Balaban J connectivity index is 2.14. The zero-order valence-corrected chi connectivity index (χ0v) is 17.9. The third-order valence-electron chi connectivity index (χ3n) is 5.63. The third-order valence-corrected chi connectivity index (χ3v) is 5.63. The predicted molar refractivity (Wildman–Crippen MR) is 115 cm³/mol. The van der Waals surface area contributed by atoms with E-state index in [0.717, 1.165) is 0 Å². The van der Waals surface area contributed by atoms with E-state index in [1.54, 1.807) is 48.7 Å². The number of para-hydroxylation sites is 1. The topological polar surface area (TPSA) is 113 Å². The van der Waals surface area contributed by atoms with Gasteiger partial charge in [0.2, 0.25) is 11.8 Å². The van der Waals surface area contributed by atoms with E-state index in [2.05, 4.69) is 5.32 Å². The number of fused-ring (bicyclic) bond motifs is 4. The average Bonchev–Trinajstić information content (AvgIpc) is 2.97. The molecule has 2 aromatic rings. The highest BCUT2D eigenvalue weighted by molar-refractivity contribution is 6.17. The molecule has 1 atom stereocenters. The van der Waals surface area contributed by atoms with Gasteiger partial charge in [-0.05, 0) is 25.8 Å². The molecule has 8 nitrogen and oxygen atoms in total. The number of nitrogens with one attached hydrogen (secondary N) is 1. The summed E-state index contributed by atoms with van der Waals surface area (Å²) >= 11 is 0. The number of rotatable bonds is 4. The van der Waals surface area contributed by atoms with Gasteiger partial charge in [-0.3, -0.25) is 9.59 Å². The molecule has 31 heavy (non-hydrogen) atoms. The molecule has 4 rings (SSSR count). The lowest BCUT2D eigenvalue weighted by molar-refractivity contribution is -0.140. The number of aryl methyl sites for hydroxylation is 1. The Labute approximate surface area is 179 Å². The highest BCUT2D eigenvalue weighted by Crippen LogP contribution is 2.52. The molecule has 3 heterocycles. The summed E-state index contributed by atoms with van der Waals surface area (Å²) in [6, 6.07) is 8.62. The number of esters is 1. The second-order valence-electron chi connectivity index (χ2n) is 8.15. The van der Waals surface area contributed by atoms with Crippen LogP contribution in [-0.4, -0.2) is 23.1 Å². The fraction of sp³-hybridized carbons (Fsp3) is 0.348. The highest BCUT2D eigenvalue weighted by Gasteiger charge is 2.60. The number of anilines is 1. The predicted octanol–water partition coefficient (Wildman–Crippen LogP) is 2.18. The number of ether oxygens (including phenoxy) is 2. The first-order valence-corrected chi connectivity index (χ1v) is 10.2. The molecule has 1 aromatic carbocycles. The van der Waals surface area contributed by atoms with Crippen molar-refractivity contribution < 1.29 is 19.1 Å². The lowest BCUT2D eigenvalue weighted by Crippen LogP contribution is -2.50. The lowest BCUT2D eigenvalue weighted by atomic mass is 9.68. The summed E-state index contributed by atoms with van der Waals surface area (Å²) in [6.07, 6.45) is 0. The van der Waals surface area contributed by atoms with E-state index in [9.17, 15) is 14.4 Å². The van der Waals surface area contributed by atoms with Gasteiger partial charge in [-0.1, -0.05) is 32.0 Å². The standard InChI is InChI=1S/C23H25N3O5/c1-5-30-21(28)18-19(24)31-16-10-13(4)26(11-12(2)3)20(27)17(16)23(18)14-8-6-7-9-15(14)25-22(23)29/h6-10,12H,5,11,24H2,1-4H3,(H,25,29)/t23-/m1/s1. The number of carbonyl (C=O) groups is 2. The number of hydrogen-bond donors (Lipinski definition) is 2. The van der Waals surface area contributed by atoms with Crippen LogP contribution in [0.2, 0.25) is 0 Å². The minimum atomic E-state index is -1.76. The van der Waals surface area contributed by atoms with Crippen LogP contribution in [0, 0.1) is 12.8 Å². The zero-order valence-electron chi connectivity index (χ0n) is 17.9. The van der Waals surface area contributed by atoms with E-state index in [4.69, 9.17) is 15.2 Å². The van der Waals surface area contributed by atoms with E-state index in [1.807, 2.05) is 13.8 Å². The monoisotopic (exact) mass is 423 g/mol. The molecule has 1 spiro atoms. The van der Waals surface area contributed by atoms with Crippen LogP contribution >= 0.6 is 0 Å². The maximum absolute atomic E-state index is 13.8. The summed E-state index contributed by atoms with van der Waals surface area (Å²) in [6.45, 7) is 7.97. The second-order valence-corrected chi connectivity index (χ2v) is 8.15. The van der Waals surface area contributed by atoms with E-state index < -0.39 is 22.9 Å². The molecule has 0 radical (unpaired) electrons. The van der Waals surface area contributed by atoms with Crippen LogP contribution in [0.5, 0.6) is 5.75 Å². The molecular formula is C23H25N3O5. The SMILES string of the molecule is CCOC(=O)C1=C(N)Oc2cc(C)n(CC(C)C)c(=O)c2[C@@]12C(=O)Nc1ccccc12. The van der Waals surface area contributed by atoms with Crippen molar-refractivity contribution in [2.24, 2.45) is 11.7 Å². The van der Waals surface area contributed by atoms with Crippen LogP contribution in [-0.2, 0) is 26.3 Å². The van der Waals surface area contributed by atoms with Gasteiger partial charge < -0.3 is 25.1 Å². The lowest BCUT2D eigenvalue weighted by Gasteiger charge is -2.35. The molecule has 0 bridgehead atoms. The molecule has 8 heteroatoms. The molecule has 162 valence electrons. The summed E-state index contributed by atoms with van der Waals surface area (Å²) in [5.74, 6) is -1.24. The number of carbonyl (C=O) groups excluding carboxylic acids is 2. The van der Waals surface area contributed by atoms with Gasteiger partial charge in [0.05, 0.1) is 12.2 Å². The van der Waals surface area contributed by atoms with Crippen LogP contribution in [0.3, 0.4) is 0 Å². The highest BCUT2D eigenvalue weighted by atomic mass is 16.5. The fourth-order valence-corrected chi connectivity index (χ4v) is 4.45. The minimum absolute atomic E-state index is 0.0680. The first kappa shape index (κ1) is 20.7. The molecule has 1 amide bonds. The van der Waals surface area contributed by atoms with Crippen molar-refractivity contribution in [1.82, 2.24) is 4.57 Å². The van der Waals surface area contributed by atoms with Crippen molar-refractivity contribution in [3.8, 4) is 5.75 Å². The number of hydrogen-bond acceptors (Lipinski definition) is 6. The smallest absolute Gasteiger partial charge is 0.341 e. The third kappa shape index (κ3) is 2.85. The number of amides is 1. The Kier molecular flexibility index (Phi) is 4.88. The van der Waals surface area contributed by atoms with Gasteiger partial charge in [0, 0.05) is 29.6 Å². The van der Waals surface area contributed by atoms with Crippen LogP contribution in [0.4, 0.5) is 5.69 Å². The van der Waals surface area contributed by atoms with Gasteiger partial charge in [0.15, 0.2) is 0 Å². The first-order valence-electron chi connectivity index (χ1n) is 10.2. The van der Waals surface area contributed by atoms with Gasteiger partial charge in [0.25, 0.3) is 5.56 Å². The maximum atomic E-state index is 13.8. The Bertz CT molecular complexity index is 1190. The van der Waals surface area contributed by atoms with E-state index in [1.165, 1.54) is 0 Å². The second kappa shape index (κ2) is 7.30. The number of aromatic nitrogens is 1. The summed E-state index contributed by atoms with van der Waals surface area (Å²) in [4.78, 5) is 40.4. The van der Waals surface area contributed by atoms with E-state index >= 15 is 0 Å². The molecule has 2 aliphatic heterocycles. The zero-order chi connectivity index (χ0) is 22.5. The number of pyridine rings is 1. The van der Waals surface area contributed by atoms with E-state index in [0.29, 0.717) is 23.5 Å². The summed E-state index contributed by atoms with van der Waals surface area (Å²) in [7, 11) is 0. The van der Waals surface area contributed by atoms with Crippen molar-refractivity contribution in [3.05, 3.63) is 69.0 Å². The Hall–Kier alpha value is -3.55. The fourth-order valence-electron chi connectivity index (χ4n) is 4.45. The molecule has 0 aliphatic carbocycles. The van der Waals surface area contributed by atoms with Crippen molar-refractivity contribution in [2.75, 3.05) is 11.9 Å². The molecule has 0 saturated carbocycles. The molecule has 0 fully saturated rings. The quantitative estimate of drug-likeness (QED) is 0.729. The van der Waals surface area contributed by atoms with Crippen LogP contribution in [0.15, 0.2) is 46.6 Å². The summed E-state index contributed by atoms with van der Waals surface area (Å²) < 4.78 is 12.6. The van der Waals surface area contributed by atoms with Gasteiger partial charge in [-0.15, -0.1) is 0 Å². The molecular weight excluding hydrogens is 398 g/mol. The van der Waals surface area contributed by atoms with Crippen LogP contribution in [0.25, 0.3) is 0 Å². The molecule has 3 N–H and O–H groups in total. The van der Waals surface area contributed by atoms with E-state index in [-0.39, 0.29) is 35.3 Å². The van der Waals surface area contributed by atoms with Gasteiger partial charge >= 0.3 is 5.97 Å². The molecule has 0 unspecified atom stereocenters. The minimum Gasteiger partial charge on any atom is -0.462 e. The number of nitrogens with two attached hydrogens (primary N) is 1. The Morgan fingerprint density at radius 2 is 2.00 bits per heavy atom. The van der Waals surface area contributed by atoms with Crippen molar-refractivity contribution in [2.45, 2.75) is 39.7 Å². The van der Waals surface area contributed by atoms with Crippen molar-refractivity contribution in [1.29, 1.82) is 0 Å². The summed E-state index contributed by atoms with van der Waals surface area (Å²) in [5.41, 5.74) is 5.56. The average molecular weight is 423 g/mol. The van der Waals surface area contributed by atoms with Crippen LogP contribution in [0.1, 0.15) is 37.6 Å². The largest absolute Gasteiger partial charge is 0.462 e. The van der Waals surface area contributed by atoms with Crippen molar-refractivity contribution >= 4 is 17.6 Å². The molecule has 2 aliphatic rings. The van der Waals surface area contributed by atoms with Gasteiger partial charge in [-0.25, -0.2) is 4.79 Å². The Morgan fingerprint density at radius 1 is 1.29 bits per heavy atom. The maximum Gasteiger partial charge on any atom is 0.341 e. The number of benzene rings is 1. The van der Waals surface area contributed by atoms with Gasteiger partial charge in [-0.2, -0.15) is 0 Å². The first-order chi connectivity index (χ1) is 14.7. The van der Waals surface area contributed by atoms with Crippen LogP contribution < -0.4 is 21.3 Å². The number of nitrogens with zero attached hydrogens (tertiary/aromatic N) is 1. The van der Waals surface area contributed by atoms with Gasteiger partial charge in [0.1, 0.15) is 16.7 Å². The normalized spacial score (nSPS) is 19.2. The Morgan fingerprint density at radius 3 is 2.68 bits per heavy atom. The molecule has 0 saturated heterocycles. The summed E-state index contributed by atoms with van der Waals surface area (Å²) in [5, 5.41) is 2.81. The molecule has 1 aromatic heterocycles. The van der Waals surface area contributed by atoms with Crippen molar-refractivity contribution in [3.63, 3.8) is 0 Å².